The topological polar surface area (TPSA) is 61.8 Å². The van der Waals surface area contributed by atoms with Crippen molar-refractivity contribution in [3.63, 3.8) is 0 Å². The Kier molecular flexibility index (Phi) is 5.94. The Morgan fingerprint density at radius 2 is 2.23 bits per heavy atom. The van der Waals surface area contributed by atoms with Gasteiger partial charge in [-0.3, -0.25) is 9.69 Å². The first-order valence-electron chi connectivity index (χ1n) is 7.86. The number of ether oxygens (including phenoxy) is 1. The van der Waals surface area contributed by atoms with Gasteiger partial charge in [0.05, 0.1) is 18.8 Å². The van der Waals surface area contributed by atoms with Crippen LogP contribution in [0, 0.1) is 0 Å². The molecule has 0 spiro atoms. The summed E-state index contributed by atoms with van der Waals surface area (Å²) in [4.78, 5) is 13.5. The summed E-state index contributed by atoms with van der Waals surface area (Å²) in [5.41, 5.74) is 3.34. The summed E-state index contributed by atoms with van der Waals surface area (Å²) >= 11 is 0. The third-order valence-corrected chi connectivity index (χ3v) is 3.75. The lowest BCUT2D eigenvalue weighted by Gasteiger charge is -2.31. The number of anilines is 1. The highest BCUT2D eigenvalue weighted by Gasteiger charge is 2.21. The highest BCUT2D eigenvalue weighted by molar-refractivity contribution is 5.89. The van der Waals surface area contributed by atoms with Crippen LogP contribution in [0.25, 0.3) is 0 Å². The normalized spacial score (nSPS) is 16.4. The third-order valence-electron chi connectivity index (χ3n) is 3.75. The van der Waals surface area contributed by atoms with Gasteiger partial charge in [-0.05, 0) is 37.5 Å². The minimum Gasteiger partial charge on any atom is -0.389 e. The number of benzene rings is 1. The van der Waals surface area contributed by atoms with E-state index in [0.29, 0.717) is 13.2 Å². The Morgan fingerprint density at radius 3 is 2.91 bits per heavy atom. The van der Waals surface area contributed by atoms with Gasteiger partial charge in [0.2, 0.25) is 5.91 Å². The summed E-state index contributed by atoms with van der Waals surface area (Å²) in [7, 11) is 0. The first-order chi connectivity index (χ1) is 10.5. The predicted octanol–water partition coefficient (Wildman–Crippen LogP) is 1.79. The van der Waals surface area contributed by atoms with Gasteiger partial charge in [0.25, 0.3) is 0 Å². The van der Waals surface area contributed by atoms with Gasteiger partial charge in [0, 0.05) is 32.2 Å². The Morgan fingerprint density at radius 1 is 1.45 bits per heavy atom. The van der Waals surface area contributed by atoms with Gasteiger partial charge in [-0.15, -0.1) is 0 Å². The summed E-state index contributed by atoms with van der Waals surface area (Å²) in [6.45, 7) is 8.10. The molecule has 0 fully saturated rings. The van der Waals surface area contributed by atoms with Crippen LogP contribution in [-0.2, 0) is 22.5 Å². The number of fused-ring (bicyclic) bond motifs is 1. The average molecular weight is 306 g/mol. The highest BCUT2D eigenvalue weighted by atomic mass is 16.5. The van der Waals surface area contributed by atoms with Gasteiger partial charge >= 0.3 is 0 Å². The zero-order valence-corrected chi connectivity index (χ0v) is 13.6. The van der Waals surface area contributed by atoms with E-state index >= 15 is 0 Å². The molecule has 1 aliphatic heterocycles. The summed E-state index contributed by atoms with van der Waals surface area (Å²) < 4.78 is 5.45. The highest BCUT2D eigenvalue weighted by Crippen LogP contribution is 2.26. The summed E-state index contributed by atoms with van der Waals surface area (Å²) in [6, 6.07) is 6.00. The van der Waals surface area contributed by atoms with Crippen LogP contribution in [0.15, 0.2) is 18.2 Å². The molecule has 0 aromatic heterocycles. The number of aliphatic hydroxyl groups is 1. The molecule has 0 bridgehead atoms. The van der Waals surface area contributed by atoms with E-state index in [9.17, 15) is 9.90 Å². The maximum absolute atomic E-state index is 11.3. The minimum atomic E-state index is -0.470. The lowest BCUT2D eigenvalue weighted by Crippen LogP contribution is -2.38. The van der Waals surface area contributed by atoms with Crippen LogP contribution < -0.4 is 5.32 Å². The van der Waals surface area contributed by atoms with Crippen LogP contribution in [0.3, 0.4) is 0 Å². The Hall–Kier alpha value is -1.43. The second-order valence-corrected chi connectivity index (χ2v) is 6.15. The third kappa shape index (κ3) is 4.80. The van der Waals surface area contributed by atoms with E-state index in [1.54, 1.807) is 0 Å². The Labute approximate surface area is 132 Å². The molecule has 2 rings (SSSR count). The average Bonchev–Trinajstić information content (AvgIpc) is 2.44. The van der Waals surface area contributed by atoms with Gasteiger partial charge in [0.15, 0.2) is 0 Å². The fraction of sp³-hybridized carbons (Fsp3) is 0.588. The van der Waals surface area contributed by atoms with Crippen molar-refractivity contribution in [2.75, 3.05) is 25.0 Å². The molecule has 0 saturated carbocycles. The quantitative estimate of drug-likeness (QED) is 0.841. The van der Waals surface area contributed by atoms with Crippen LogP contribution in [0.2, 0.25) is 0 Å². The molecule has 1 aliphatic rings. The van der Waals surface area contributed by atoms with Crippen molar-refractivity contribution in [3.05, 3.63) is 29.3 Å². The smallest absolute Gasteiger partial charge is 0.221 e. The predicted molar refractivity (Wildman–Crippen MR) is 86.8 cm³/mol. The van der Waals surface area contributed by atoms with Gasteiger partial charge in [-0.25, -0.2) is 0 Å². The zero-order valence-electron chi connectivity index (χ0n) is 13.6. The molecule has 0 aliphatic carbocycles. The number of hydrogen-bond donors (Lipinski definition) is 2. The molecule has 1 heterocycles. The van der Waals surface area contributed by atoms with Crippen molar-refractivity contribution >= 4 is 11.6 Å². The SMILES string of the molecule is CC(=O)Nc1cccc2c1CCN(CC(O)COC(C)C)C2. The fourth-order valence-corrected chi connectivity index (χ4v) is 2.78. The monoisotopic (exact) mass is 306 g/mol. The largest absolute Gasteiger partial charge is 0.389 e. The Balaban J connectivity index is 1.95. The molecule has 1 unspecified atom stereocenters. The summed E-state index contributed by atoms with van der Waals surface area (Å²) in [5, 5.41) is 12.9. The number of rotatable bonds is 6. The van der Waals surface area contributed by atoms with E-state index in [1.165, 1.54) is 18.1 Å². The van der Waals surface area contributed by atoms with E-state index in [1.807, 2.05) is 26.0 Å². The molecule has 2 N–H and O–H groups in total. The van der Waals surface area contributed by atoms with E-state index in [2.05, 4.69) is 16.3 Å². The molecule has 5 heteroatoms. The lowest BCUT2D eigenvalue weighted by molar-refractivity contribution is -0.114. The molecule has 1 aromatic rings. The molecule has 1 atom stereocenters. The van der Waals surface area contributed by atoms with E-state index in [-0.39, 0.29) is 12.0 Å². The maximum atomic E-state index is 11.3. The number of aliphatic hydroxyl groups excluding tert-OH is 1. The van der Waals surface area contributed by atoms with E-state index in [0.717, 1.165) is 25.2 Å². The molecule has 22 heavy (non-hydrogen) atoms. The zero-order chi connectivity index (χ0) is 16.1. The van der Waals surface area contributed by atoms with Crippen LogP contribution in [0.4, 0.5) is 5.69 Å². The lowest BCUT2D eigenvalue weighted by atomic mass is 9.97. The molecular weight excluding hydrogens is 280 g/mol. The standard InChI is InChI=1S/C17H26N2O3/c1-12(2)22-11-15(21)10-19-8-7-16-14(9-19)5-4-6-17(16)18-13(3)20/h4-6,12,15,21H,7-11H2,1-3H3,(H,18,20). The summed E-state index contributed by atoms with van der Waals surface area (Å²) in [6.07, 6.45) is 0.545. The maximum Gasteiger partial charge on any atom is 0.221 e. The van der Waals surface area contributed by atoms with Crippen LogP contribution in [-0.4, -0.2) is 47.8 Å². The number of hydrogen-bond acceptors (Lipinski definition) is 4. The molecule has 122 valence electrons. The van der Waals surface area contributed by atoms with Crippen LogP contribution in [0.5, 0.6) is 0 Å². The van der Waals surface area contributed by atoms with E-state index < -0.39 is 6.10 Å². The molecule has 1 aromatic carbocycles. The van der Waals surface area contributed by atoms with Gasteiger partial charge in [-0.1, -0.05) is 12.1 Å². The number of nitrogens with zero attached hydrogens (tertiary/aromatic N) is 1. The van der Waals surface area contributed by atoms with Crippen LogP contribution in [0.1, 0.15) is 31.9 Å². The van der Waals surface area contributed by atoms with Crippen molar-refractivity contribution in [2.45, 2.75) is 45.9 Å². The minimum absolute atomic E-state index is 0.0444. The molecule has 0 saturated heterocycles. The number of carbonyl (C=O) groups excluding carboxylic acids is 1. The number of carbonyl (C=O) groups is 1. The molecular formula is C17H26N2O3. The first kappa shape index (κ1) is 16.9. The summed E-state index contributed by atoms with van der Waals surface area (Å²) in [5.74, 6) is -0.0444. The van der Waals surface area contributed by atoms with Gasteiger partial charge < -0.3 is 15.2 Å². The van der Waals surface area contributed by atoms with Crippen LogP contribution >= 0.6 is 0 Å². The number of nitrogens with one attached hydrogen (secondary N) is 1. The second kappa shape index (κ2) is 7.72. The number of β-amino-alcohol motifs (C(OH)–C–C–N with tert-alkyl or cyclic N) is 1. The molecule has 0 radical (unpaired) electrons. The fourth-order valence-electron chi connectivity index (χ4n) is 2.78. The molecule has 1 amide bonds. The van der Waals surface area contributed by atoms with Crippen molar-refractivity contribution in [1.82, 2.24) is 4.90 Å². The number of amides is 1. The van der Waals surface area contributed by atoms with Crippen molar-refractivity contribution in [1.29, 1.82) is 0 Å². The first-order valence-corrected chi connectivity index (χ1v) is 7.86. The van der Waals surface area contributed by atoms with Crippen molar-refractivity contribution in [3.8, 4) is 0 Å². The van der Waals surface area contributed by atoms with Gasteiger partial charge in [0.1, 0.15) is 0 Å². The second-order valence-electron chi connectivity index (χ2n) is 6.15. The van der Waals surface area contributed by atoms with Crippen molar-refractivity contribution < 1.29 is 14.6 Å². The molecule has 5 nitrogen and oxygen atoms in total. The van der Waals surface area contributed by atoms with E-state index in [4.69, 9.17) is 4.74 Å². The van der Waals surface area contributed by atoms with Gasteiger partial charge in [-0.2, -0.15) is 0 Å². The van der Waals surface area contributed by atoms with Crippen molar-refractivity contribution in [2.24, 2.45) is 0 Å². The Bertz CT molecular complexity index is 517.